The highest BCUT2D eigenvalue weighted by Gasteiger charge is 2.17. The fourth-order valence-electron chi connectivity index (χ4n) is 2.83. The van der Waals surface area contributed by atoms with Crippen LogP contribution < -0.4 is 10.6 Å². The molecule has 0 fully saturated rings. The van der Waals surface area contributed by atoms with Crippen LogP contribution in [0.25, 0.3) is 5.57 Å². The third kappa shape index (κ3) is 4.37. The van der Waals surface area contributed by atoms with Crippen molar-refractivity contribution in [1.82, 2.24) is 9.97 Å². The van der Waals surface area contributed by atoms with Crippen LogP contribution >= 0.6 is 0 Å². The molecule has 28 heavy (non-hydrogen) atoms. The first-order valence-corrected chi connectivity index (χ1v) is 8.69. The van der Waals surface area contributed by atoms with Gasteiger partial charge in [0.2, 0.25) is 6.41 Å². The van der Waals surface area contributed by atoms with Crippen LogP contribution in [0.15, 0.2) is 47.3 Å². The number of hydrogen-bond donors (Lipinski definition) is 2. The van der Waals surface area contributed by atoms with Crippen molar-refractivity contribution in [3.8, 4) is 0 Å². The SMILES string of the molecule is C=CN=C(Nc1cc(NC=O)c(C)cc1C)/C(=C\C)c1ncnc(C)c1N=C. The molecule has 2 N–H and O–H groups in total. The smallest absolute Gasteiger partial charge is 0.211 e. The number of nitrogens with one attached hydrogen (secondary N) is 2. The van der Waals surface area contributed by atoms with Crippen LogP contribution in [0.2, 0.25) is 0 Å². The second-order valence-corrected chi connectivity index (χ2v) is 6.05. The van der Waals surface area contributed by atoms with E-state index in [0.29, 0.717) is 23.6 Å². The molecular formula is C21H24N6O. The summed E-state index contributed by atoms with van der Waals surface area (Å²) in [7, 11) is 0. The molecule has 2 rings (SSSR count). The van der Waals surface area contributed by atoms with E-state index in [-0.39, 0.29) is 0 Å². The van der Waals surface area contributed by atoms with E-state index >= 15 is 0 Å². The molecule has 7 nitrogen and oxygen atoms in total. The van der Waals surface area contributed by atoms with E-state index < -0.39 is 0 Å². The Morgan fingerprint density at radius 3 is 2.46 bits per heavy atom. The summed E-state index contributed by atoms with van der Waals surface area (Å²) in [6, 6.07) is 3.85. The molecule has 0 aliphatic carbocycles. The predicted molar refractivity (Wildman–Crippen MR) is 116 cm³/mol. The lowest BCUT2D eigenvalue weighted by atomic mass is 10.1. The van der Waals surface area contributed by atoms with Crippen LogP contribution in [0.1, 0.15) is 29.4 Å². The average molecular weight is 376 g/mol. The molecule has 0 radical (unpaired) electrons. The minimum absolute atomic E-state index is 0.546. The van der Waals surface area contributed by atoms with Gasteiger partial charge >= 0.3 is 0 Å². The Hall–Kier alpha value is -3.61. The molecule has 0 atom stereocenters. The van der Waals surface area contributed by atoms with Gasteiger partial charge in [0.05, 0.1) is 5.69 Å². The molecule has 0 saturated heterocycles. The number of rotatable bonds is 7. The number of benzene rings is 1. The second kappa shape index (κ2) is 9.36. The highest BCUT2D eigenvalue weighted by Crippen LogP contribution is 2.30. The third-order valence-corrected chi connectivity index (χ3v) is 4.22. The van der Waals surface area contributed by atoms with Gasteiger partial charge in [-0.1, -0.05) is 18.7 Å². The first kappa shape index (κ1) is 20.7. The lowest BCUT2D eigenvalue weighted by molar-refractivity contribution is -0.105. The van der Waals surface area contributed by atoms with E-state index in [0.717, 1.165) is 33.8 Å². The van der Waals surface area contributed by atoms with E-state index in [9.17, 15) is 4.79 Å². The van der Waals surface area contributed by atoms with Crippen molar-refractivity contribution in [2.24, 2.45) is 9.98 Å². The lowest BCUT2D eigenvalue weighted by Crippen LogP contribution is -2.16. The summed E-state index contributed by atoms with van der Waals surface area (Å²) in [5, 5.41) is 6.04. The summed E-state index contributed by atoms with van der Waals surface area (Å²) in [6.07, 6.45) is 5.48. The lowest BCUT2D eigenvalue weighted by Gasteiger charge is -2.17. The quantitative estimate of drug-likeness (QED) is 0.427. The number of amidine groups is 1. The maximum Gasteiger partial charge on any atom is 0.211 e. The Bertz CT molecular complexity index is 975. The number of amides is 1. The zero-order valence-corrected chi connectivity index (χ0v) is 16.6. The molecule has 1 aromatic carbocycles. The number of allylic oxidation sites excluding steroid dienone is 1. The molecule has 0 bridgehead atoms. The molecule has 0 saturated carbocycles. The monoisotopic (exact) mass is 376 g/mol. The van der Waals surface area contributed by atoms with Gasteiger partial charge in [0.15, 0.2) is 0 Å². The van der Waals surface area contributed by atoms with Gasteiger partial charge < -0.3 is 10.6 Å². The van der Waals surface area contributed by atoms with Crippen LogP contribution in [0.5, 0.6) is 0 Å². The number of hydrogen-bond acceptors (Lipinski definition) is 5. The number of anilines is 2. The third-order valence-electron chi connectivity index (χ3n) is 4.22. The molecular weight excluding hydrogens is 352 g/mol. The van der Waals surface area contributed by atoms with E-state index in [2.05, 4.69) is 43.9 Å². The number of aromatic nitrogens is 2. The number of carbonyl (C=O) groups is 1. The number of carbonyl (C=O) groups excluding carboxylic acids is 1. The van der Waals surface area contributed by atoms with Crippen LogP contribution in [0.4, 0.5) is 17.1 Å². The van der Waals surface area contributed by atoms with Crippen LogP contribution in [0, 0.1) is 20.8 Å². The normalized spacial score (nSPS) is 11.7. The highest BCUT2D eigenvalue weighted by atomic mass is 16.1. The van der Waals surface area contributed by atoms with Gasteiger partial charge in [0.25, 0.3) is 0 Å². The molecule has 2 aromatic rings. The maximum atomic E-state index is 10.9. The topological polar surface area (TPSA) is 91.6 Å². The largest absolute Gasteiger partial charge is 0.339 e. The fourth-order valence-corrected chi connectivity index (χ4v) is 2.83. The zero-order chi connectivity index (χ0) is 20.7. The van der Waals surface area contributed by atoms with Gasteiger partial charge in [-0.2, -0.15) is 0 Å². The van der Waals surface area contributed by atoms with E-state index in [1.807, 2.05) is 45.9 Å². The molecule has 0 aliphatic heterocycles. The van der Waals surface area contributed by atoms with E-state index in [4.69, 9.17) is 0 Å². The first-order valence-electron chi connectivity index (χ1n) is 8.69. The number of aliphatic imine (C=N–C) groups is 2. The molecule has 1 heterocycles. The Morgan fingerprint density at radius 1 is 1.14 bits per heavy atom. The summed E-state index contributed by atoms with van der Waals surface area (Å²) in [5.74, 6) is 0.546. The van der Waals surface area contributed by atoms with Gasteiger partial charge in [0.1, 0.15) is 23.5 Å². The average Bonchev–Trinajstić information content (AvgIpc) is 2.66. The van der Waals surface area contributed by atoms with Crippen LogP contribution in [0.3, 0.4) is 0 Å². The summed E-state index contributed by atoms with van der Waals surface area (Å²) >= 11 is 0. The van der Waals surface area contributed by atoms with Gasteiger partial charge in [-0.25, -0.2) is 15.0 Å². The minimum Gasteiger partial charge on any atom is -0.339 e. The highest BCUT2D eigenvalue weighted by molar-refractivity contribution is 6.29. The Kier molecular flexibility index (Phi) is 6.92. The van der Waals surface area contributed by atoms with E-state index in [1.54, 1.807) is 0 Å². The molecule has 1 amide bonds. The standard InChI is InChI=1S/C21H24N6O/c1-7-16(20-19(22-6)15(5)24-11-25-20)21(23-8-2)27-18-10-17(26-12-28)13(3)9-14(18)4/h7-12H,2,6H2,1,3-5H3,(H,23,27)(H,26,28)/b16-7-. The molecule has 0 unspecified atom stereocenters. The van der Waals surface area contributed by atoms with Gasteiger partial charge in [-0.3, -0.25) is 9.79 Å². The van der Waals surface area contributed by atoms with Crippen molar-refractivity contribution in [2.45, 2.75) is 27.7 Å². The fraction of sp³-hybridized carbons (Fsp3) is 0.190. The van der Waals surface area contributed by atoms with Crippen LogP contribution in [-0.2, 0) is 4.79 Å². The number of aryl methyl sites for hydroxylation is 3. The Labute approximate surface area is 165 Å². The predicted octanol–water partition coefficient (Wildman–Crippen LogP) is 4.36. The minimum atomic E-state index is 0.546. The van der Waals surface area contributed by atoms with Crippen molar-refractivity contribution in [3.05, 3.63) is 59.8 Å². The summed E-state index contributed by atoms with van der Waals surface area (Å²) < 4.78 is 0. The van der Waals surface area contributed by atoms with Crippen molar-refractivity contribution in [3.63, 3.8) is 0 Å². The molecule has 144 valence electrons. The van der Waals surface area contributed by atoms with Crippen molar-refractivity contribution in [1.29, 1.82) is 0 Å². The molecule has 0 aliphatic rings. The van der Waals surface area contributed by atoms with Crippen LogP contribution in [-0.4, -0.2) is 28.9 Å². The number of nitrogens with zero attached hydrogens (tertiary/aromatic N) is 4. The summed E-state index contributed by atoms with van der Waals surface area (Å²) in [6.45, 7) is 15.0. The van der Waals surface area contributed by atoms with Crippen molar-refractivity contribution in [2.75, 3.05) is 10.6 Å². The summed E-state index contributed by atoms with van der Waals surface area (Å²) in [4.78, 5) is 27.9. The zero-order valence-electron chi connectivity index (χ0n) is 16.6. The maximum absolute atomic E-state index is 10.9. The van der Waals surface area contributed by atoms with Gasteiger partial charge in [-0.15, -0.1) is 0 Å². The Morgan fingerprint density at radius 2 is 1.86 bits per heavy atom. The van der Waals surface area contributed by atoms with Gasteiger partial charge in [0, 0.05) is 23.1 Å². The molecule has 1 aromatic heterocycles. The van der Waals surface area contributed by atoms with Crippen molar-refractivity contribution < 1.29 is 4.79 Å². The molecule has 7 heteroatoms. The Balaban J connectivity index is 2.55. The first-order chi connectivity index (χ1) is 13.5. The van der Waals surface area contributed by atoms with Crippen molar-refractivity contribution >= 4 is 41.6 Å². The second-order valence-electron chi connectivity index (χ2n) is 6.05. The van der Waals surface area contributed by atoms with Gasteiger partial charge in [-0.05, 0) is 51.6 Å². The summed E-state index contributed by atoms with van der Waals surface area (Å²) in [5.41, 5.74) is 6.16. The molecule has 0 spiro atoms. The van der Waals surface area contributed by atoms with E-state index in [1.165, 1.54) is 12.5 Å².